The number of hydrogen-bond acceptors (Lipinski definition) is 4. The van der Waals surface area contributed by atoms with Crippen molar-refractivity contribution >= 4 is 18.3 Å². The fourth-order valence-electron chi connectivity index (χ4n) is 2.19. The van der Waals surface area contributed by atoms with Gasteiger partial charge in [-0.1, -0.05) is 25.5 Å². The molecule has 0 spiro atoms. The molecule has 0 aromatic heterocycles. The molecule has 1 rings (SSSR count). The predicted molar refractivity (Wildman–Crippen MR) is 90.9 cm³/mol. The Morgan fingerprint density at radius 1 is 1.32 bits per heavy atom. The Kier molecular flexibility index (Phi) is 8.90. The van der Waals surface area contributed by atoms with Crippen LogP contribution in [0.4, 0.5) is 0 Å². The highest BCUT2D eigenvalue weighted by molar-refractivity contribution is 5.85. The molecule has 0 heterocycles. The van der Waals surface area contributed by atoms with Crippen molar-refractivity contribution in [3.8, 4) is 11.5 Å². The van der Waals surface area contributed by atoms with Gasteiger partial charge in [-0.05, 0) is 25.5 Å². The van der Waals surface area contributed by atoms with Crippen molar-refractivity contribution in [1.82, 2.24) is 4.90 Å². The smallest absolute Gasteiger partial charge is 0.242 e. The summed E-state index contributed by atoms with van der Waals surface area (Å²) in [6.07, 6.45) is 1.55. The monoisotopic (exact) mass is 330 g/mol. The highest BCUT2D eigenvalue weighted by atomic mass is 35.5. The zero-order chi connectivity index (χ0) is 15.9. The molecule has 0 aliphatic heterocycles. The molecule has 1 unspecified atom stereocenters. The number of nitrogens with two attached hydrogens (primary N) is 1. The molecule has 1 amide bonds. The highest BCUT2D eigenvalue weighted by Gasteiger charge is 2.29. The number of likely N-dealkylation sites (N-methyl/N-ethyl adjacent to an activating group) is 1. The van der Waals surface area contributed by atoms with Crippen LogP contribution in [-0.2, 0) is 4.79 Å². The number of amides is 1. The van der Waals surface area contributed by atoms with Crippen molar-refractivity contribution in [3.05, 3.63) is 24.3 Å². The fourth-order valence-corrected chi connectivity index (χ4v) is 2.19. The molecule has 6 heteroatoms. The Labute approximate surface area is 139 Å². The van der Waals surface area contributed by atoms with E-state index in [0.29, 0.717) is 31.1 Å². The first kappa shape index (κ1) is 20.5. The fraction of sp³-hybridized carbons (Fsp3) is 0.562. The third-order valence-corrected chi connectivity index (χ3v) is 3.36. The number of ether oxygens (including phenoxy) is 2. The second kappa shape index (κ2) is 9.54. The van der Waals surface area contributed by atoms with E-state index in [4.69, 9.17) is 15.2 Å². The van der Waals surface area contributed by atoms with Crippen molar-refractivity contribution < 1.29 is 14.3 Å². The Morgan fingerprint density at radius 3 is 2.45 bits per heavy atom. The van der Waals surface area contributed by atoms with Crippen LogP contribution in [0.1, 0.15) is 26.7 Å². The third-order valence-electron chi connectivity index (χ3n) is 3.36. The second-order valence-electron chi connectivity index (χ2n) is 5.39. The average Bonchev–Trinajstić information content (AvgIpc) is 2.46. The first-order chi connectivity index (χ1) is 9.92. The number of carbonyl (C=O) groups is 1. The van der Waals surface area contributed by atoms with Crippen molar-refractivity contribution in [2.24, 2.45) is 5.73 Å². The van der Waals surface area contributed by atoms with Crippen molar-refractivity contribution in [1.29, 1.82) is 0 Å². The maximum Gasteiger partial charge on any atom is 0.242 e. The topological polar surface area (TPSA) is 64.8 Å². The largest absolute Gasteiger partial charge is 0.493 e. The van der Waals surface area contributed by atoms with Crippen LogP contribution in [-0.4, -0.2) is 43.7 Å². The number of hydrogen-bond donors (Lipinski definition) is 1. The number of rotatable bonds is 8. The van der Waals surface area contributed by atoms with Crippen LogP contribution in [0.25, 0.3) is 0 Å². The lowest BCUT2D eigenvalue weighted by atomic mass is 9.96. The number of nitrogens with zero attached hydrogens (tertiary/aromatic N) is 1. The van der Waals surface area contributed by atoms with E-state index in [1.165, 1.54) is 0 Å². The van der Waals surface area contributed by atoms with Crippen LogP contribution in [0.5, 0.6) is 11.5 Å². The summed E-state index contributed by atoms with van der Waals surface area (Å²) in [5, 5.41) is 0. The molecule has 1 aromatic carbocycles. The number of methoxy groups -OCH3 is 1. The molecular weight excluding hydrogens is 304 g/mol. The first-order valence-electron chi connectivity index (χ1n) is 7.22. The summed E-state index contributed by atoms with van der Waals surface area (Å²) in [6.45, 7) is 4.66. The maximum absolute atomic E-state index is 12.2. The number of carbonyl (C=O) groups excluding carboxylic acids is 1. The van der Waals surface area contributed by atoms with Gasteiger partial charge in [-0.15, -0.1) is 12.4 Å². The minimum Gasteiger partial charge on any atom is -0.493 e. The summed E-state index contributed by atoms with van der Waals surface area (Å²) in [6, 6.07) is 7.43. The maximum atomic E-state index is 12.2. The molecule has 1 atom stereocenters. The minimum atomic E-state index is -0.812. The lowest BCUT2D eigenvalue weighted by molar-refractivity contribution is -0.135. The van der Waals surface area contributed by atoms with Crippen molar-refractivity contribution in [2.45, 2.75) is 32.2 Å². The molecule has 0 fully saturated rings. The van der Waals surface area contributed by atoms with Gasteiger partial charge in [0.2, 0.25) is 5.91 Å². The van der Waals surface area contributed by atoms with E-state index < -0.39 is 5.54 Å². The molecule has 22 heavy (non-hydrogen) atoms. The van der Waals surface area contributed by atoms with Gasteiger partial charge in [-0.2, -0.15) is 0 Å². The van der Waals surface area contributed by atoms with Crippen LogP contribution in [0.15, 0.2) is 24.3 Å². The summed E-state index contributed by atoms with van der Waals surface area (Å²) in [5.74, 6) is 1.29. The second-order valence-corrected chi connectivity index (χ2v) is 5.39. The molecule has 1 aromatic rings. The number of halogens is 1. The van der Waals surface area contributed by atoms with Crippen LogP contribution in [0.2, 0.25) is 0 Å². The highest BCUT2D eigenvalue weighted by Crippen LogP contribution is 2.25. The Hall–Kier alpha value is -1.46. The van der Waals surface area contributed by atoms with E-state index in [9.17, 15) is 4.79 Å². The minimum absolute atomic E-state index is 0. The molecular formula is C16H27ClN2O3. The molecule has 2 N–H and O–H groups in total. The Bertz CT molecular complexity index is 466. The average molecular weight is 331 g/mol. The van der Waals surface area contributed by atoms with Crippen LogP contribution in [0.3, 0.4) is 0 Å². The van der Waals surface area contributed by atoms with Gasteiger partial charge in [0, 0.05) is 7.05 Å². The van der Waals surface area contributed by atoms with Crippen LogP contribution < -0.4 is 15.2 Å². The SMILES string of the molecule is CCCC(C)(N)C(=O)N(C)CCOc1ccccc1OC.Cl. The lowest BCUT2D eigenvalue weighted by Gasteiger charge is -2.29. The molecule has 0 radical (unpaired) electrons. The van der Waals surface area contributed by atoms with E-state index in [0.717, 1.165) is 6.42 Å². The predicted octanol–water partition coefficient (Wildman–Crippen LogP) is 2.47. The van der Waals surface area contributed by atoms with Gasteiger partial charge in [-0.25, -0.2) is 0 Å². The van der Waals surface area contributed by atoms with Crippen molar-refractivity contribution in [3.63, 3.8) is 0 Å². The number of para-hydroxylation sites is 2. The first-order valence-corrected chi connectivity index (χ1v) is 7.22. The molecule has 0 saturated heterocycles. The Balaban J connectivity index is 0.00000441. The molecule has 126 valence electrons. The summed E-state index contributed by atoms with van der Waals surface area (Å²) >= 11 is 0. The molecule has 5 nitrogen and oxygen atoms in total. The summed E-state index contributed by atoms with van der Waals surface area (Å²) in [4.78, 5) is 13.9. The van der Waals surface area contributed by atoms with Gasteiger partial charge < -0.3 is 20.1 Å². The van der Waals surface area contributed by atoms with Gasteiger partial charge in [0.25, 0.3) is 0 Å². The summed E-state index contributed by atoms with van der Waals surface area (Å²) < 4.78 is 10.9. The van der Waals surface area contributed by atoms with Gasteiger partial charge in [0.1, 0.15) is 6.61 Å². The molecule has 0 saturated carbocycles. The standard InChI is InChI=1S/C16H26N2O3.ClH/c1-5-10-16(2,17)15(19)18(3)11-12-21-14-9-7-6-8-13(14)20-4;/h6-9H,5,10-12,17H2,1-4H3;1H. The zero-order valence-corrected chi connectivity index (χ0v) is 14.6. The van der Waals surface area contributed by atoms with Gasteiger partial charge in [0.15, 0.2) is 11.5 Å². The molecule has 0 aliphatic carbocycles. The summed E-state index contributed by atoms with van der Waals surface area (Å²) in [7, 11) is 3.34. The van der Waals surface area contributed by atoms with E-state index >= 15 is 0 Å². The lowest BCUT2D eigenvalue weighted by Crippen LogP contribution is -2.52. The quantitative estimate of drug-likeness (QED) is 0.795. The third kappa shape index (κ3) is 5.73. The van der Waals surface area contributed by atoms with E-state index in [-0.39, 0.29) is 18.3 Å². The van der Waals surface area contributed by atoms with Crippen LogP contribution >= 0.6 is 12.4 Å². The van der Waals surface area contributed by atoms with E-state index in [1.807, 2.05) is 31.2 Å². The van der Waals surface area contributed by atoms with Gasteiger partial charge >= 0.3 is 0 Å². The molecule has 0 bridgehead atoms. The summed E-state index contributed by atoms with van der Waals surface area (Å²) in [5.41, 5.74) is 5.24. The van der Waals surface area contributed by atoms with Gasteiger partial charge in [-0.3, -0.25) is 4.79 Å². The van der Waals surface area contributed by atoms with Gasteiger partial charge in [0.05, 0.1) is 19.2 Å². The number of benzene rings is 1. The van der Waals surface area contributed by atoms with Crippen molar-refractivity contribution in [2.75, 3.05) is 27.3 Å². The van der Waals surface area contributed by atoms with E-state index in [2.05, 4.69) is 0 Å². The van der Waals surface area contributed by atoms with Crippen LogP contribution in [0, 0.1) is 0 Å². The Morgan fingerprint density at radius 2 is 1.91 bits per heavy atom. The normalized spacial score (nSPS) is 12.8. The molecule has 0 aliphatic rings. The van der Waals surface area contributed by atoms with E-state index in [1.54, 1.807) is 26.0 Å². The zero-order valence-electron chi connectivity index (χ0n) is 13.8.